The number of nitrogens with one attached hydrogen (secondary N) is 1. The van der Waals surface area contributed by atoms with Crippen molar-refractivity contribution in [3.8, 4) is 5.75 Å². The lowest BCUT2D eigenvalue weighted by atomic mass is 10.1. The van der Waals surface area contributed by atoms with Crippen LogP contribution in [-0.2, 0) is 6.42 Å². The molecule has 0 saturated carbocycles. The first kappa shape index (κ1) is 10.5. The number of benzene rings is 1. The van der Waals surface area contributed by atoms with Gasteiger partial charge in [0.2, 0.25) is 0 Å². The third kappa shape index (κ3) is 2.03. The SMILES string of the molecule is CCc1ccc(OC)c(C(=O)NN)c1. The van der Waals surface area contributed by atoms with Gasteiger partial charge in [0.25, 0.3) is 5.91 Å². The second-order valence-electron chi connectivity index (χ2n) is 2.86. The van der Waals surface area contributed by atoms with E-state index in [0.717, 1.165) is 12.0 Å². The van der Waals surface area contributed by atoms with E-state index in [0.29, 0.717) is 11.3 Å². The molecule has 3 N–H and O–H groups in total. The molecule has 14 heavy (non-hydrogen) atoms. The number of nitrogen functional groups attached to an aromatic ring is 1. The van der Waals surface area contributed by atoms with Crippen molar-refractivity contribution in [2.75, 3.05) is 7.11 Å². The molecule has 0 fully saturated rings. The molecule has 76 valence electrons. The molecule has 0 unspecified atom stereocenters. The maximum Gasteiger partial charge on any atom is 0.268 e. The van der Waals surface area contributed by atoms with E-state index in [1.165, 1.54) is 7.11 Å². The van der Waals surface area contributed by atoms with E-state index in [4.69, 9.17) is 10.6 Å². The summed E-state index contributed by atoms with van der Waals surface area (Å²) in [5.41, 5.74) is 3.63. The van der Waals surface area contributed by atoms with Gasteiger partial charge >= 0.3 is 0 Å². The molecule has 0 spiro atoms. The predicted molar refractivity (Wildman–Crippen MR) is 54.0 cm³/mol. The highest BCUT2D eigenvalue weighted by Crippen LogP contribution is 2.19. The Morgan fingerprint density at radius 2 is 2.29 bits per heavy atom. The number of hydrazine groups is 1. The Morgan fingerprint density at radius 3 is 2.79 bits per heavy atom. The summed E-state index contributed by atoms with van der Waals surface area (Å²) < 4.78 is 5.05. The molecule has 0 heterocycles. The minimum absolute atomic E-state index is 0.336. The molecule has 1 aromatic rings. The number of nitrogens with two attached hydrogens (primary N) is 1. The van der Waals surface area contributed by atoms with Gasteiger partial charge in [0.1, 0.15) is 5.75 Å². The molecule has 0 aromatic heterocycles. The zero-order chi connectivity index (χ0) is 10.6. The number of ether oxygens (including phenoxy) is 1. The van der Waals surface area contributed by atoms with Gasteiger partial charge in [-0.25, -0.2) is 5.84 Å². The summed E-state index contributed by atoms with van der Waals surface area (Å²) in [6, 6.07) is 5.47. The van der Waals surface area contributed by atoms with Crippen LogP contribution in [0.5, 0.6) is 5.75 Å². The average Bonchev–Trinajstić information content (AvgIpc) is 2.27. The monoisotopic (exact) mass is 194 g/mol. The molecule has 0 aliphatic carbocycles. The summed E-state index contributed by atoms with van der Waals surface area (Å²) >= 11 is 0. The first-order valence-electron chi connectivity index (χ1n) is 4.40. The molecule has 0 radical (unpaired) electrons. The fourth-order valence-electron chi connectivity index (χ4n) is 1.23. The maximum absolute atomic E-state index is 11.3. The van der Waals surface area contributed by atoms with Gasteiger partial charge in [0, 0.05) is 0 Å². The zero-order valence-corrected chi connectivity index (χ0v) is 8.33. The van der Waals surface area contributed by atoms with Crippen molar-refractivity contribution >= 4 is 5.91 Å². The largest absolute Gasteiger partial charge is 0.496 e. The number of hydrogen-bond donors (Lipinski definition) is 2. The first-order valence-corrected chi connectivity index (χ1v) is 4.40. The third-order valence-electron chi connectivity index (χ3n) is 2.05. The van der Waals surface area contributed by atoms with Crippen LogP contribution in [0, 0.1) is 0 Å². The number of carbonyl (C=O) groups excluding carboxylic acids is 1. The van der Waals surface area contributed by atoms with Crippen LogP contribution >= 0.6 is 0 Å². The molecule has 4 heteroatoms. The highest BCUT2D eigenvalue weighted by molar-refractivity contribution is 5.96. The smallest absolute Gasteiger partial charge is 0.268 e. The summed E-state index contributed by atoms with van der Waals surface area (Å²) in [4.78, 5) is 11.3. The maximum atomic E-state index is 11.3. The van der Waals surface area contributed by atoms with Gasteiger partial charge in [-0.2, -0.15) is 0 Å². The number of carbonyl (C=O) groups is 1. The second kappa shape index (κ2) is 4.62. The topological polar surface area (TPSA) is 64.3 Å². The highest BCUT2D eigenvalue weighted by Gasteiger charge is 2.10. The number of amides is 1. The van der Waals surface area contributed by atoms with Crippen LogP contribution in [0.2, 0.25) is 0 Å². The van der Waals surface area contributed by atoms with Crippen LogP contribution in [0.1, 0.15) is 22.8 Å². The van der Waals surface area contributed by atoms with Crippen LogP contribution in [0.25, 0.3) is 0 Å². The number of aryl methyl sites for hydroxylation is 1. The van der Waals surface area contributed by atoms with Gasteiger partial charge in [-0.1, -0.05) is 13.0 Å². The van der Waals surface area contributed by atoms with Gasteiger partial charge in [-0.3, -0.25) is 10.2 Å². The fourth-order valence-corrected chi connectivity index (χ4v) is 1.23. The molecule has 0 aliphatic heterocycles. The van der Waals surface area contributed by atoms with E-state index in [1.807, 2.05) is 13.0 Å². The Bertz CT molecular complexity index is 337. The van der Waals surface area contributed by atoms with Gasteiger partial charge in [0.15, 0.2) is 0 Å². The third-order valence-corrected chi connectivity index (χ3v) is 2.05. The van der Waals surface area contributed by atoms with Crippen LogP contribution in [-0.4, -0.2) is 13.0 Å². The Morgan fingerprint density at radius 1 is 1.57 bits per heavy atom. The van der Waals surface area contributed by atoms with Crippen molar-refractivity contribution in [3.05, 3.63) is 29.3 Å². The van der Waals surface area contributed by atoms with Gasteiger partial charge in [-0.05, 0) is 24.1 Å². The van der Waals surface area contributed by atoms with E-state index >= 15 is 0 Å². The van der Waals surface area contributed by atoms with Crippen molar-refractivity contribution in [1.29, 1.82) is 0 Å². The summed E-state index contributed by atoms with van der Waals surface area (Å²) in [5, 5.41) is 0. The van der Waals surface area contributed by atoms with Crippen molar-refractivity contribution in [1.82, 2.24) is 5.43 Å². The van der Waals surface area contributed by atoms with Crippen molar-refractivity contribution in [2.45, 2.75) is 13.3 Å². The number of rotatable bonds is 3. The molecule has 0 bridgehead atoms. The lowest BCUT2D eigenvalue weighted by molar-refractivity contribution is 0.0950. The first-order chi connectivity index (χ1) is 6.72. The van der Waals surface area contributed by atoms with E-state index in [1.54, 1.807) is 12.1 Å². The molecule has 1 amide bonds. The summed E-state index contributed by atoms with van der Waals surface area (Å²) in [6.45, 7) is 2.02. The van der Waals surface area contributed by atoms with Crippen LogP contribution in [0.4, 0.5) is 0 Å². The van der Waals surface area contributed by atoms with Crippen LogP contribution in [0.15, 0.2) is 18.2 Å². The van der Waals surface area contributed by atoms with Crippen molar-refractivity contribution in [3.63, 3.8) is 0 Å². The highest BCUT2D eigenvalue weighted by atomic mass is 16.5. The molecule has 0 aliphatic rings. The predicted octanol–water partition coefficient (Wildman–Crippen LogP) is 0.861. The number of methoxy groups -OCH3 is 1. The van der Waals surface area contributed by atoms with E-state index in [9.17, 15) is 4.79 Å². The lowest BCUT2D eigenvalue weighted by Gasteiger charge is -2.08. The molecule has 1 aromatic carbocycles. The van der Waals surface area contributed by atoms with Crippen molar-refractivity contribution in [2.24, 2.45) is 5.84 Å². The summed E-state index contributed by atoms with van der Waals surface area (Å²) in [5.74, 6) is 5.26. The van der Waals surface area contributed by atoms with Crippen molar-refractivity contribution < 1.29 is 9.53 Å². The molecular weight excluding hydrogens is 180 g/mol. The minimum atomic E-state index is -0.336. The molecule has 0 atom stereocenters. The second-order valence-corrected chi connectivity index (χ2v) is 2.86. The quantitative estimate of drug-likeness (QED) is 0.426. The molecule has 1 rings (SSSR count). The normalized spacial score (nSPS) is 9.64. The average molecular weight is 194 g/mol. The van der Waals surface area contributed by atoms with Gasteiger partial charge in [0.05, 0.1) is 12.7 Å². The van der Waals surface area contributed by atoms with E-state index in [2.05, 4.69) is 5.43 Å². The van der Waals surface area contributed by atoms with Crippen LogP contribution < -0.4 is 16.0 Å². The Balaban J connectivity index is 3.14. The fraction of sp³-hybridized carbons (Fsp3) is 0.300. The van der Waals surface area contributed by atoms with E-state index < -0.39 is 0 Å². The van der Waals surface area contributed by atoms with Crippen LogP contribution in [0.3, 0.4) is 0 Å². The summed E-state index contributed by atoms with van der Waals surface area (Å²) in [6.07, 6.45) is 0.870. The summed E-state index contributed by atoms with van der Waals surface area (Å²) in [7, 11) is 1.52. The lowest BCUT2D eigenvalue weighted by Crippen LogP contribution is -2.30. The number of hydrogen-bond acceptors (Lipinski definition) is 3. The Labute approximate surface area is 83.0 Å². The van der Waals surface area contributed by atoms with E-state index in [-0.39, 0.29) is 5.91 Å². The Hall–Kier alpha value is -1.55. The molecular formula is C10H14N2O2. The Kier molecular flexibility index (Phi) is 3.48. The molecule has 4 nitrogen and oxygen atoms in total. The minimum Gasteiger partial charge on any atom is -0.496 e. The molecule has 0 saturated heterocycles. The zero-order valence-electron chi connectivity index (χ0n) is 8.33. The van der Waals surface area contributed by atoms with Gasteiger partial charge < -0.3 is 4.74 Å². The standard InChI is InChI=1S/C10H14N2O2/c1-3-7-4-5-9(14-2)8(6-7)10(13)12-11/h4-6H,3,11H2,1-2H3,(H,12,13). The van der Waals surface area contributed by atoms with Gasteiger partial charge in [-0.15, -0.1) is 0 Å².